The van der Waals surface area contributed by atoms with E-state index in [4.69, 9.17) is 5.11 Å². The molecule has 0 saturated heterocycles. The Kier molecular flexibility index (Phi) is 6.20. The van der Waals surface area contributed by atoms with Crippen molar-refractivity contribution in [3.8, 4) is 0 Å². The number of aliphatic carboxylic acids is 1. The zero-order chi connectivity index (χ0) is 11.8. The lowest BCUT2D eigenvalue weighted by molar-refractivity contribution is -0.132. The van der Waals surface area contributed by atoms with Crippen molar-refractivity contribution in [1.29, 1.82) is 0 Å². The van der Waals surface area contributed by atoms with E-state index >= 15 is 0 Å². The van der Waals surface area contributed by atoms with Crippen LogP contribution in [0.5, 0.6) is 0 Å². The monoisotopic (exact) mass is 224 g/mol. The molecule has 0 aliphatic heterocycles. The summed E-state index contributed by atoms with van der Waals surface area (Å²) in [5, 5.41) is 8.64. The number of carboxylic acid groups (broad SMARTS) is 1. The highest BCUT2D eigenvalue weighted by atomic mass is 16.4. The van der Waals surface area contributed by atoms with Gasteiger partial charge in [-0.05, 0) is 18.8 Å². The molecule has 1 aliphatic rings. The standard InChI is InChI=1S/C14H24O2/c1-12(14(15)16)8-4-2-5-9-13-10-6-3-7-11-13/h13H,1-11H2,(H,15,16). The van der Waals surface area contributed by atoms with Crippen LogP contribution in [0.2, 0.25) is 0 Å². The Hall–Kier alpha value is -0.790. The third-order valence-electron chi connectivity index (χ3n) is 3.62. The first-order chi connectivity index (χ1) is 7.70. The molecule has 0 aromatic rings. The minimum absolute atomic E-state index is 0.359. The molecule has 0 radical (unpaired) electrons. The summed E-state index contributed by atoms with van der Waals surface area (Å²) in [5.41, 5.74) is 0.359. The van der Waals surface area contributed by atoms with Gasteiger partial charge in [0, 0.05) is 5.57 Å². The summed E-state index contributed by atoms with van der Waals surface area (Å²) in [7, 11) is 0. The molecule has 1 fully saturated rings. The molecular formula is C14H24O2. The van der Waals surface area contributed by atoms with Gasteiger partial charge in [-0.3, -0.25) is 0 Å². The highest BCUT2D eigenvalue weighted by Gasteiger charge is 2.12. The lowest BCUT2D eigenvalue weighted by Gasteiger charge is -2.21. The van der Waals surface area contributed by atoms with Gasteiger partial charge in [0.2, 0.25) is 0 Å². The van der Waals surface area contributed by atoms with Crippen molar-refractivity contribution in [2.45, 2.75) is 64.2 Å². The van der Waals surface area contributed by atoms with Gasteiger partial charge in [-0.2, -0.15) is 0 Å². The molecule has 0 atom stereocenters. The van der Waals surface area contributed by atoms with Gasteiger partial charge >= 0.3 is 5.97 Å². The Balaban J connectivity index is 1.95. The Morgan fingerprint density at radius 2 is 1.81 bits per heavy atom. The number of hydrogen-bond acceptors (Lipinski definition) is 1. The van der Waals surface area contributed by atoms with Crippen molar-refractivity contribution in [3.63, 3.8) is 0 Å². The first-order valence-electron chi connectivity index (χ1n) is 6.61. The average molecular weight is 224 g/mol. The molecule has 0 amide bonds. The van der Waals surface area contributed by atoms with Gasteiger partial charge in [0.05, 0.1) is 0 Å². The van der Waals surface area contributed by atoms with Crippen LogP contribution < -0.4 is 0 Å². The van der Waals surface area contributed by atoms with Gasteiger partial charge in [-0.1, -0.05) is 57.9 Å². The summed E-state index contributed by atoms with van der Waals surface area (Å²) in [4.78, 5) is 10.5. The summed E-state index contributed by atoms with van der Waals surface area (Å²) in [6.45, 7) is 3.54. The fraction of sp³-hybridized carbons (Fsp3) is 0.786. The normalized spacial score (nSPS) is 17.2. The SMILES string of the molecule is C=C(CCCCCC1CCCCC1)C(=O)O. The third kappa shape index (κ3) is 5.34. The van der Waals surface area contributed by atoms with Crippen molar-refractivity contribution in [2.75, 3.05) is 0 Å². The van der Waals surface area contributed by atoms with Crippen molar-refractivity contribution in [3.05, 3.63) is 12.2 Å². The smallest absolute Gasteiger partial charge is 0.330 e. The van der Waals surface area contributed by atoms with E-state index in [1.54, 1.807) is 0 Å². The highest BCUT2D eigenvalue weighted by molar-refractivity contribution is 5.85. The fourth-order valence-corrected chi connectivity index (χ4v) is 2.53. The molecule has 1 saturated carbocycles. The zero-order valence-corrected chi connectivity index (χ0v) is 10.2. The first-order valence-corrected chi connectivity index (χ1v) is 6.61. The maximum atomic E-state index is 10.5. The molecule has 16 heavy (non-hydrogen) atoms. The molecular weight excluding hydrogens is 200 g/mol. The van der Waals surface area contributed by atoms with Gasteiger partial charge in [0.25, 0.3) is 0 Å². The van der Waals surface area contributed by atoms with Gasteiger partial charge in [-0.25, -0.2) is 4.79 Å². The highest BCUT2D eigenvalue weighted by Crippen LogP contribution is 2.28. The predicted octanol–water partition coefficient (Wildman–Crippen LogP) is 4.16. The maximum absolute atomic E-state index is 10.5. The second-order valence-electron chi connectivity index (χ2n) is 5.01. The number of carbonyl (C=O) groups is 1. The van der Waals surface area contributed by atoms with E-state index < -0.39 is 5.97 Å². The van der Waals surface area contributed by atoms with E-state index in [0.29, 0.717) is 12.0 Å². The molecule has 1 rings (SSSR count). The first kappa shape index (κ1) is 13.3. The number of rotatable bonds is 7. The zero-order valence-electron chi connectivity index (χ0n) is 10.2. The molecule has 2 heteroatoms. The van der Waals surface area contributed by atoms with E-state index in [2.05, 4.69) is 6.58 Å². The predicted molar refractivity (Wildman–Crippen MR) is 66.4 cm³/mol. The van der Waals surface area contributed by atoms with Crippen LogP contribution in [0.4, 0.5) is 0 Å². The van der Waals surface area contributed by atoms with Crippen LogP contribution >= 0.6 is 0 Å². The Labute approximate surface area is 98.7 Å². The van der Waals surface area contributed by atoms with E-state index in [1.807, 2.05) is 0 Å². The summed E-state index contributed by atoms with van der Waals surface area (Å²) < 4.78 is 0. The van der Waals surface area contributed by atoms with Gasteiger partial charge in [0.1, 0.15) is 0 Å². The summed E-state index contributed by atoms with van der Waals surface area (Å²) >= 11 is 0. The van der Waals surface area contributed by atoms with E-state index in [0.717, 1.165) is 18.8 Å². The Morgan fingerprint density at radius 1 is 1.12 bits per heavy atom. The third-order valence-corrected chi connectivity index (χ3v) is 3.62. The number of carboxylic acids is 1. The van der Waals surface area contributed by atoms with Crippen LogP contribution in [0.15, 0.2) is 12.2 Å². The van der Waals surface area contributed by atoms with Crippen LogP contribution in [0, 0.1) is 5.92 Å². The number of hydrogen-bond donors (Lipinski definition) is 1. The number of unbranched alkanes of at least 4 members (excludes halogenated alkanes) is 2. The lowest BCUT2D eigenvalue weighted by Crippen LogP contribution is -2.05. The molecule has 0 unspecified atom stereocenters. The second-order valence-corrected chi connectivity index (χ2v) is 5.01. The van der Waals surface area contributed by atoms with Crippen LogP contribution in [0.3, 0.4) is 0 Å². The molecule has 0 aromatic heterocycles. The maximum Gasteiger partial charge on any atom is 0.330 e. The van der Waals surface area contributed by atoms with E-state index in [1.165, 1.54) is 44.9 Å². The Bertz CT molecular complexity index is 227. The molecule has 92 valence electrons. The minimum atomic E-state index is -0.840. The van der Waals surface area contributed by atoms with Gasteiger partial charge in [-0.15, -0.1) is 0 Å². The van der Waals surface area contributed by atoms with Crippen LogP contribution in [0.1, 0.15) is 64.2 Å². The van der Waals surface area contributed by atoms with Crippen molar-refractivity contribution < 1.29 is 9.90 Å². The average Bonchev–Trinajstić information content (AvgIpc) is 2.29. The topological polar surface area (TPSA) is 37.3 Å². The van der Waals surface area contributed by atoms with Crippen molar-refractivity contribution >= 4 is 5.97 Å². The van der Waals surface area contributed by atoms with Crippen LogP contribution in [-0.4, -0.2) is 11.1 Å². The van der Waals surface area contributed by atoms with Gasteiger partial charge < -0.3 is 5.11 Å². The molecule has 0 heterocycles. The van der Waals surface area contributed by atoms with Crippen molar-refractivity contribution in [1.82, 2.24) is 0 Å². The molecule has 2 nitrogen and oxygen atoms in total. The summed E-state index contributed by atoms with van der Waals surface area (Å²) in [6, 6.07) is 0. The molecule has 1 aliphatic carbocycles. The summed E-state index contributed by atoms with van der Waals surface area (Å²) in [6.07, 6.45) is 12.5. The van der Waals surface area contributed by atoms with Gasteiger partial charge in [0.15, 0.2) is 0 Å². The Morgan fingerprint density at radius 3 is 2.44 bits per heavy atom. The van der Waals surface area contributed by atoms with Crippen molar-refractivity contribution in [2.24, 2.45) is 5.92 Å². The van der Waals surface area contributed by atoms with Crippen LogP contribution in [0.25, 0.3) is 0 Å². The minimum Gasteiger partial charge on any atom is -0.478 e. The molecule has 0 spiro atoms. The largest absolute Gasteiger partial charge is 0.478 e. The fourth-order valence-electron chi connectivity index (χ4n) is 2.53. The quantitative estimate of drug-likeness (QED) is 0.521. The van der Waals surface area contributed by atoms with E-state index in [9.17, 15) is 4.79 Å². The molecule has 0 aromatic carbocycles. The second kappa shape index (κ2) is 7.48. The molecule has 1 N–H and O–H groups in total. The molecule has 0 bridgehead atoms. The van der Waals surface area contributed by atoms with Crippen LogP contribution in [-0.2, 0) is 4.79 Å². The summed E-state index contributed by atoms with van der Waals surface area (Å²) in [5.74, 6) is 0.115. The van der Waals surface area contributed by atoms with E-state index in [-0.39, 0.29) is 0 Å². The lowest BCUT2D eigenvalue weighted by atomic mass is 9.85.